The predicted molar refractivity (Wildman–Crippen MR) is 72.1 cm³/mol. The van der Waals surface area contributed by atoms with Crippen molar-refractivity contribution in [3.05, 3.63) is 35.9 Å². The molecule has 0 amide bonds. The van der Waals surface area contributed by atoms with Crippen LogP contribution in [0.15, 0.2) is 30.3 Å². The fourth-order valence-corrected chi connectivity index (χ4v) is 3.22. The highest BCUT2D eigenvalue weighted by atomic mass is 16.3. The van der Waals surface area contributed by atoms with E-state index in [0.717, 1.165) is 39.1 Å². The summed E-state index contributed by atoms with van der Waals surface area (Å²) in [5.74, 6) is 0. The summed E-state index contributed by atoms with van der Waals surface area (Å²) < 4.78 is 0. The van der Waals surface area contributed by atoms with E-state index in [1.165, 1.54) is 18.4 Å². The normalized spacial score (nSPS) is 30.1. The molecule has 18 heavy (non-hydrogen) atoms. The van der Waals surface area contributed by atoms with Crippen LogP contribution in [0.1, 0.15) is 24.8 Å². The zero-order chi connectivity index (χ0) is 12.4. The molecule has 2 heterocycles. The van der Waals surface area contributed by atoms with Crippen LogP contribution in [0.2, 0.25) is 0 Å². The number of β-amino-alcohol motifs (C(OH)–C–C–N with tert-alkyl or cyclic N) is 1. The average molecular weight is 246 g/mol. The summed E-state index contributed by atoms with van der Waals surface area (Å²) in [6.07, 6.45) is 3.36. The molecule has 2 aliphatic rings. The Morgan fingerprint density at radius 3 is 2.50 bits per heavy atom. The molecule has 2 saturated heterocycles. The molecule has 1 atom stereocenters. The summed E-state index contributed by atoms with van der Waals surface area (Å²) in [6.45, 7) is 4.88. The van der Waals surface area contributed by atoms with Crippen LogP contribution >= 0.6 is 0 Å². The molecule has 0 aliphatic carbocycles. The lowest BCUT2D eigenvalue weighted by Gasteiger charge is -2.33. The minimum atomic E-state index is -0.564. The Hall–Kier alpha value is -0.900. The molecular weight excluding hydrogens is 224 g/mol. The van der Waals surface area contributed by atoms with Gasteiger partial charge in [-0.05, 0) is 18.4 Å². The zero-order valence-corrected chi connectivity index (χ0v) is 10.9. The molecule has 3 heteroatoms. The van der Waals surface area contributed by atoms with E-state index in [4.69, 9.17) is 0 Å². The van der Waals surface area contributed by atoms with Gasteiger partial charge in [0.25, 0.3) is 0 Å². The summed E-state index contributed by atoms with van der Waals surface area (Å²) in [6, 6.07) is 10.5. The third-order valence-electron chi connectivity index (χ3n) is 4.25. The van der Waals surface area contributed by atoms with Gasteiger partial charge in [0, 0.05) is 39.1 Å². The van der Waals surface area contributed by atoms with E-state index in [1.807, 2.05) is 6.07 Å². The van der Waals surface area contributed by atoms with Crippen LogP contribution in [0.3, 0.4) is 0 Å². The molecule has 0 saturated carbocycles. The third-order valence-corrected chi connectivity index (χ3v) is 4.25. The van der Waals surface area contributed by atoms with Gasteiger partial charge in [0.2, 0.25) is 0 Å². The van der Waals surface area contributed by atoms with E-state index in [2.05, 4.69) is 34.1 Å². The van der Waals surface area contributed by atoms with E-state index >= 15 is 0 Å². The monoisotopic (exact) mass is 246 g/mol. The second-order valence-electron chi connectivity index (χ2n) is 5.62. The maximum Gasteiger partial charge on any atom is 0.132 e. The first-order chi connectivity index (χ1) is 8.76. The first-order valence-corrected chi connectivity index (χ1v) is 7.00. The molecule has 1 aromatic carbocycles. The first-order valence-electron chi connectivity index (χ1n) is 7.00. The summed E-state index contributed by atoms with van der Waals surface area (Å²) in [7, 11) is 0. The molecule has 3 nitrogen and oxygen atoms in total. The Bertz CT molecular complexity index is 389. The quantitative estimate of drug-likeness (QED) is 0.879. The van der Waals surface area contributed by atoms with Crippen LogP contribution in [0.5, 0.6) is 0 Å². The van der Waals surface area contributed by atoms with Gasteiger partial charge in [-0.3, -0.25) is 9.80 Å². The topological polar surface area (TPSA) is 26.7 Å². The van der Waals surface area contributed by atoms with Gasteiger partial charge < -0.3 is 5.11 Å². The van der Waals surface area contributed by atoms with Gasteiger partial charge >= 0.3 is 0 Å². The van der Waals surface area contributed by atoms with Crippen molar-refractivity contribution in [2.75, 3.05) is 26.2 Å². The van der Waals surface area contributed by atoms with Crippen LogP contribution in [-0.4, -0.2) is 46.8 Å². The highest BCUT2D eigenvalue weighted by Gasteiger charge is 2.41. The fourth-order valence-electron chi connectivity index (χ4n) is 3.22. The number of likely N-dealkylation sites (tertiary alicyclic amines) is 2. The standard InChI is InChI=1S/C15H22N2O/c18-15(17-9-4-5-10-17)8-11-16(13-15)12-14-6-2-1-3-7-14/h1-3,6-7,18H,4-5,8-13H2. The van der Waals surface area contributed by atoms with Crippen molar-refractivity contribution in [2.24, 2.45) is 0 Å². The Labute approximate surface area is 109 Å². The van der Waals surface area contributed by atoms with Gasteiger partial charge in [-0.2, -0.15) is 0 Å². The van der Waals surface area contributed by atoms with E-state index in [1.54, 1.807) is 0 Å². The van der Waals surface area contributed by atoms with Crippen molar-refractivity contribution in [1.82, 2.24) is 9.80 Å². The van der Waals surface area contributed by atoms with Gasteiger partial charge in [0.15, 0.2) is 0 Å². The molecule has 1 aromatic rings. The van der Waals surface area contributed by atoms with Gasteiger partial charge in [-0.1, -0.05) is 30.3 Å². The molecule has 1 N–H and O–H groups in total. The van der Waals surface area contributed by atoms with Crippen LogP contribution in [-0.2, 0) is 6.54 Å². The molecular formula is C15H22N2O. The van der Waals surface area contributed by atoms with E-state index in [0.29, 0.717) is 0 Å². The maximum absolute atomic E-state index is 10.7. The lowest BCUT2D eigenvalue weighted by Crippen LogP contribution is -2.49. The molecule has 2 aliphatic heterocycles. The Balaban J connectivity index is 1.61. The predicted octanol–water partition coefficient (Wildman–Crippen LogP) is 1.68. The number of nitrogens with zero attached hydrogens (tertiary/aromatic N) is 2. The highest BCUT2D eigenvalue weighted by molar-refractivity contribution is 5.14. The Morgan fingerprint density at radius 1 is 1.06 bits per heavy atom. The summed E-state index contributed by atoms with van der Waals surface area (Å²) >= 11 is 0. The summed E-state index contributed by atoms with van der Waals surface area (Å²) in [4.78, 5) is 4.64. The van der Waals surface area contributed by atoms with E-state index in [9.17, 15) is 5.11 Å². The van der Waals surface area contributed by atoms with Crippen molar-refractivity contribution < 1.29 is 5.11 Å². The van der Waals surface area contributed by atoms with E-state index in [-0.39, 0.29) is 0 Å². The molecule has 2 fully saturated rings. The average Bonchev–Trinajstić information content (AvgIpc) is 3.01. The van der Waals surface area contributed by atoms with Gasteiger partial charge in [-0.15, -0.1) is 0 Å². The van der Waals surface area contributed by atoms with Crippen molar-refractivity contribution in [1.29, 1.82) is 0 Å². The largest absolute Gasteiger partial charge is 0.374 e. The number of hydrogen-bond donors (Lipinski definition) is 1. The maximum atomic E-state index is 10.7. The van der Waals surface area contributed by atoms with Crippen LogP contribution in [0.4, 0.5) is 0 Å². The molecule has 0 aromatic heterocycles. The van der Waals surface area contributed by atoms with Gasteiger partial charge in [-0.25, -0.2) is 0 Å². The SMILES string of the molecule is OC1(N2CCCC2)CCN(Cc2ccccc2)C1. The number of aliphatic hydroxyl groups is 1. The lowest BCUT2D eigenvalue weighted by molar-refractivity contribution is -0.0869. The second kappa shape index (κ2) is 5.00. The molecule has 1 unspecified atom stereocenters. The van der Waals surface area contributed by atoms with Crippen molar-refractivity contribution in [3.8, 4) is 0 Å². The number of hydrogen-bond acceptors (Lipinski definition) is 3. The van der Waals surface area contributed by atoms with E-state index < -0.39 is 5.72 Å². The molecule has 98 valence electrons. The second-order valence-corrected chi connectivity index (χ2v) is 5.62. The minimum Gasteiger partial charge on any atom is -0.374 e. The third kappa shape index (κ3) is 2.44. The summed E-state index contributed by atoms with van der Waals surface area (Å²) in [5.41, 5.74) is 0.772. The number of rotatable bonds is 3. The molecule has 3 rings (SSSR count). The van der Waals surface area contributed by atoms with Crippen LogP contribution in [0, 0.1) is 0 Å². The zero-order valence-electron chi connectivity index (χ0n) is 10.9. The van der Waals surface area contributed by atoms with Gasteiger partial charge in [0.1, 0.15) is 5.72 Å². The first kappa shape index (κ1) is 12.2. The molecule has 0 radical (unpaired) electrons. The summed E-state index contributed by atoms with van der Waals surface area (Å²) in [5, 5.41) is 10.7. The van der Waals surface area contributed by atoms with Crippen molar-refractivity contribution >= 4 is 0 Å². The number of benzene rings is 1. The Morgan fingerprint density at radius 2 is 1.78 bits per heavy atom. The molecule has 0 bridgehead atoms. The minimum absolute atomic E-state index is 0.564. The van der Waals surface area contributed by atoms with Crippen molar-refractivity contribution in [3.63, 3.8) is 0 Å². The smallest absolute Gasteiger partial charge is 0.132 e. The van der Waals surface area contributed by atoms with Crippen LogP contribution < -0.4 is 0 Å². The Kier molecular flexibility index (Phi) is 3.37. The van der Waals surface area contributed by atoms with Crippen molar-refractivity contribution in [2.45, 2.75) is 31.5 Å². The van der Waals surface area contributed by atoms with Crippen LogP contribution in [0.25, 0.3) is 0 Å². The molecule has 0 spiro atoms. The highest BCUT2D eigenvalue weighted by Crippen LogP contribution is 2.29. The lowest BCUT2D eigenvalue weighted by atomic mass is 10.1. The van der Waals surface area contributed by atoms with Gasteiger partial charge in [0.05, 0.1) is 0 Å². The fraction of sp³-hybridized carbons (Fsp3) is 0.600.